The van der Waals surface area contributed by atoms with Crippen LogP contribution in [0.5, 0.6) is 0 Å². The Hall–Kier alpha value is -0.570. The number of carbonyl (C=O) groups excluding carboxylic acids is 1. The summed E-state index contributed by atoms with van der Waals surface area (Å²) in [6.07, 6.45) is 4.42. The third-order valence-electron chi connectivity index (χ3n) is 2.42. The number of amides is 1. The van der Waals surface area contributed by atoms with Gasteiger partial charge in [0.15, 0.2) is 0 Å². The molecular formula is C9H17NO2. The monoisotopic (exact) mass is 171 g/mol. The van der Waals surface area contributed by atoms with Crippen LogP contribution < -0.4 is 5.32 Å². The Morgan fingerprint density at radius 2 is 2.08 bits per heavy atom. The Bertz CT molecular complexity index is 153. The van der Waals surface area contributed by atoms with E-state index in [1.165, 1.54) is 12.8 Å². The van der Waals surface area contributed by atoms with E-state index in [0.717, 1.165) is 12.8 Å². The fraction of sp³-hybridized carbons (Fsp3) is 0.889. The summed E-state index contributed by atoms with van der Waals surface area (Å²) in [6, 6.07) is 0.398. The zero-order valence-electron chi connectivity index (χ0n) is 7.80. The zero-order chi connectivity index (χ0) is 8.97. The highest BCUT2D eigenvalue weighted by Gasteiger charge is 2.19. The number of hydrogen-bond acceptors (Lipinski definition) is 2. The van der Waals surface area contributed by atoms with Gasteiger partial charge < -0.3 is 10.1 Å². The normalized spacial score (nSPS) is 20.8. The van der Waals surface area contributed by atoms with E-state index in [-0.39, 0.29) is 12.0 Å². The van der Waals surface area contributed by atoms with Crippen molar-refractivity contribution in [3.8, 4) is 0 Å². The molecule has 1 aliphatic carbocycles. The summed E-state index contributed by atoms with van der Waals surface area (Å²) < 4.78 is 4.91. The molecule has 0 aliphatic heterocycles. The molecule has 1 N–H and O–H groups in total. The van der Waals surface area contributed by atoms with Gasteiger partial charge in [-0.1, -0.05) is 12.8 Å². The third kappa shape index (κ3) is 2.48. The van der Waals surface area contributed by atoms with Crippen LogP contribution in [-0.4, -0.2) is 25.2 Å². The molecule has 0 spiro atoms. The van der Waals surface area contributed by atoms with Crippen molar-refractivity contribution in [3.63, 3.8) is 0 Å². The molecule has 0 bridgehead atoms. The smallest absolute Gasteiger partial charge is 0.249 e. The van der Waals surface area contributed by atoms with E-state index in [4.69, 9.17) is 4.74 Å². The minimum atomic E-state index is -0.314. The van der Waals surface area contributed by atoms with Crippen LogP contribution in [0, 0.1) is 0 Å². The van der Waals surface area contributed by atoms with Crippen molar-refractivity contribution in [1.29, 1.82) is 0 Å². The SMILES string of the molecule is COC(C)C(=O)NC1CCCC1. The maximum atomic E-state index is 11.3. The standard InChI is InChI=1S/C9H17NO2/c1-7(12-2)9(11)10-8-5-3-4-6-8/h7-8H,3-6H2,1-2H3,(H,10,11). The molecule has 1 saturated carbocycles. The van der Waals surface area contributed by atoms with Crippen molar-refractivity contribution in [2.75, 3.05) is 7.11 Å². The van der Waals surface area contributed by atoms with Gasteiger partial charge in [-0.2, -0.15) is 0 Å². The lowest BCUT2D eigenvalue weighted by atomic mass is 10.2. The first-order valence-electron chi connectivity index (χ1n) is 4.57. The van der Waals surface area contributed by atoms with Crippen LogP contribution in [0.1, 0.15) is 32.6 Å². The zero-order valence-corrected chi connectivity index (χ0v) is 7.80. The molecular weight excluding hydrogens is 154 g/mol. The fourth-order valence-corrected chi connectivity index (χ4v) is 1.50. The molecule has 0 radical (unpaired) electrons. The van der Waals surface area contributed by atoms with Crippen molar-refractivity contribution in [2.45, 2.75) is 44.8 Å². The first-order chi connectivity index (χ1) is 5.74. The van der Waals surface area contributed by atoms with Crippen LogP contribution >= 0.6 is 0 Å². The highest BCUT2D eigenvalue weighted by atomic mass is 16.5. The number of methoxy groups -OCH3 is 1. The van der Waals surface area contributed by atoms with Crippen LogP contribution in [-0.2, 0) is 9.53 Å². The molecule has 1 unspecified atom stereocenters. The van der Waals surface area contributed by atoms with Crippen LogP contribution in [0.4, 0.5) is 0 Å². The van der Waals surface area contributed by atoms with Gasteiger partial charge in [0.2, 0.25) is 5.91 Å². The first-order valence-corrected chi connectivity index (χ1v) is 4.57. The third-order valence-corrected chi connectivity index (χ3v) is 2.42. The number of nitrogens with one attached hydrogen (secondary N) is 1. The van der Waals surface area contributed by atoms with Gasteiger partial charge in [0.1, 0.15) is 6.10 Å². The van der Waals surface area contributed by atoms with Gasteiger partial charge in [0.25, 0.3) is 0 Å². The van der Waals surface area contributed by atoms with Gasteiger partial charge in [-0.25, -0.2) is 0 Å². The molecule has 0 aromatic rings. The Morgan fingerprint density at radius 3 is 2.58 bits per heavy atom. The predicted molar refractivity (Wildman–Crippen MR) is 46.9 cm³/mol. The maximum Gasteiger partial charge on any atom is 0.249 e. The molecule has 70 valence electrons. The van der Waals surface area contributed by atoms with Crippen LogP contribution in [0.3, 0.4) is 0 Å². The maximum absolute atomic E-state index is 11.3. The number of hydrogen-bond donors (Lipinski definition) is 1. The lowest BCUT2D eigenvalue weighted by molar-refractivity contribution is -0.130. The van der Waals surface area contributed by atoms with E-state index in [1.807, 2.05) is 0 Å². The minimum absolute atomic E-state index is 0.0180. The second-order valence-corrected chi connectivity index (χ2v) is 3.37. The highest BCUT2D eigenvalue weighted by molar-refractivity contribution is 5.80. The Labute approximate surface area is 73.5 Å². The van der Waals surface area contributed by atoms with E-state index in [2.05, 4.69) is 5.32 Å². The molecule has 1 rings (SSSR count). The molecule has 0 saturated heterocycles. The quantitative estimate of drug-likeness (QED) is 0.690. The molecule has 1 atom stereocenters. The van der Waals surface area contributed by atoms with Crippen LogP contribution in [0.25, 0.3) is 0 Å². The van der Waals surface area contributed by atoms with Gasteiger partial charge in [-0.15, -0.1) is 0 Å². The second-order valence-electron chi connectivity index (χ2n) is 3.37. The molecule has 3 nitrogen and oxygen atoms in total. The van der Waals surface area contributed by atoms with Crippen molar-refractivity contribution < 1.29 is 9.53 Å². The summed E-state index contributed by atoms with van der Waals surface area (Å²) in [7, 11) is 1.55. The topological polar surface area (TPSA) is 38.3 Å². The van der Waals surface area contributed by atoms with Gasteiger partial charge in [-0.05, 0) is 19.8 Å². The summed E-state index contributed by atoms with van der Waals surface area (Å²) in [5.41, 5.74) is 0. The van der Waals surface area contributed by atoms with E-state index < -0.39 is 0 Å². The molecule has 1 aliphatic rings. The van der Waals surface area contributed by atoms with Crippen molar-refractivity contribution >= 4 is 5.91 Å². The Kier molecular flexibility index (Phi) is 3.53. The average molecular weight is 171 g/mol. The fourth-order valence-electron chi connectivity index (χ4n) is 1.50. The number of rotatable bonds is 3. The average Bonchev–Trinajstić information content (AvgIpc) is 2.55. The number of ether oxygens (including phenoxy) is 1. The summed E-state index contributed by atoms with van der Waals surface area (Å²) in [5.74, 6) is 0.0180. The lowest BCUT2D eigenvalue weighted by Gasteiger charge is -2.15. The van der Waals surface area contributed by atoms with E-state index >= 15 is 0 Å². The number of carbonyl (C=O) groups is 1. The Balaban J connectivity index is 2.25. The van der Waals surface area contributed by atoms with Crippen LogP contribution in [0.2, 0.25) is 0 Å². The highest BCUT2D eigenvalue weighted by Crippen LogP contribution is 2.17. The predicted octanol–water partition coefficient (Wildman–Crippen LogP) is 1.08. The van der Waals surface area contributed by atoms with Gasteiger partial charge in [0, 0.05) is 13.2 Å². The lowest BCUT2D eigenvalue weighted by Crippen LogP contribution is -2.39. The van der Waals surface area contributed by atoms with Gasteiger partial charge in [-0.3, -0.25) is 4.79 Å². The summed E-state index contributed by atoms with van der Waals surface area (Å²) in [5, 5.41) is 2.97. The summed E-state index contributed by atoms with van der Waals surface area (Å²) >= 11 is 0. The molecule has 0 aromatic carbocycles. The minimum Gasteiger partial charge on any atom is -0.372 e. The van der Waals surface area contributed by atoms with Gasteiger partial charge in [0.05, 0.1) is 0 Å². The molecule has 1 amide bonds. The largest absolute Gasteiger partial charge is 0.372 e. The van der Waals surface area contributed by atoms with Crippen molar-refractivity contribution in [1.82, 2.24) is 5.32 Å². The first kappa shape index (κ1) is 9.52. The molecule has 0 heterocycles. The summed E-state index contributed by atoms with van der Waals surface area (Å²) in [6.45, 7) is 1.77. The summed E-state index contributed by atoms with van der Waals surface area (Å²) in [4.78, 5) is 11.3. The van der Waals surface area contributed by atoms with E-state index in [0.29, 0.717) is 6.04 Å². The van der Waals surface area contributed by atoms with E-state index in [1.54, 1.807) is 14.0 Å². The van der Waals surface area contributed by atoms with Gasteiger partial charge >= 0.3 is 0 Å². The second kappa shape index (κ2) is 4.45. The Morgan fingerprint density at radius 1 is 1.50 bits per heavy atom. The molecule has 12 heavy (non-hydrogen) atoms. The molecule has 0 aromatic heterocycles. The molecule has 1 fully saturated rings. The van der Waals surface area contributed by atoms with Crippen molar-refractivity contribution in [3.05, 3.63) is 0 Å². The molecule has 3 heteroatoms. The van der Waals surface area contributed by atoms with Crippen molar-refractivity contribution in [2.24, 2.45) is 0 Å². The van der Waals surface area contributed by atoms with Crippen LogP contribution in [0.15, 0.2) is 0 Å². The van der Waals surface area contributed by atoms with E-state index in [9.17, 15) is 4.79 Å².